The third-order valence-corrected chi connectivity index (χ3v) is 9.60. The van der Waals surface area contributed by atoms with Gasteiger partial charge in [-0.1, -0.05) is 132 Å². The third kappa shape index (κ3) is 6.44. The standard InChI is InChI=1S/C45H56N/c1-42(2,3)30-17-23-33-35(25-19-30)39(44(7,8)9)27-37(33)41(29-15-21-32(22-16-29)46(13)14)38-28-40(45(10,11)12)36-26-20-31(43(4,5)6)18-24-34(36)38/h15-28H,1-14H3/q+1. The fourth-order valence-corrected chi connectivity index (χ4v) is 6.74. The van der Waals surface area contributed by atoms with Crippen molar-refractivity contribution in [1.29, 1.82) is 0 Å². The lowest BCUT2D eigenvalue weighted by molar-refractivity contribution is -0.462. The van der Waals surface area contributed by atoms with Crippen molar-refractivity contribution in [2.75, 3.05) is 14.1 Å². The third-order valence-electron chi connectivity index (χ3n) is 9.60. The van der Waals surface area contributed by atoms with Gasteiger partial charge in [0.1, 0.15) is 14.1 Å². The van der Waals surface area contributed by atoms with Crippen LogP contribution in [0.2, 0.25) is 0 Å². The van der Waals surface area contributed by atoms with Gasteiger partial charge in [-0.05, 0) is 113 Å². The summed E-state index contributed by atoms with van der Waals surface area (Å²) in [5, 5.41) is 0. The summed E-state index contributed by atoms with van der Waals surface area (Å²) in [6.07, 6.45) is 9.17. The molecule has 0 saturated carbocycles. The minimum absolute atomic E-state index is 0.00858. The number of rotatable bonds is 2. The Hall–Kier alpha value is -3.71. The van der Waals surface area contributed by atoms with Crippen LogP contribution >= 0.6 is 0 Å². The molecule has 0 unspecified atom stereocenters. The molecule has 0 amide bonds. The van der Waals surface area contributed by atoms with Gasteiger partial charge in [-0.2, -0.15) is 0 Å². The Morgan fingerprint density at radius 1 is 0.435 bits per heavy atom. The molecule has 0 spiro atoms. The number of fused-ring (bicyclic) bond motifs is 2. The molecule has 0 aromatic heterocycles. The van der Waals surface area contributed by atoms with E-state index >= 15 is 0 Å². The highest BCUT2D eigenvalue weighted by atomic mass is 14.9. The second-order valence-corrected chi connectivity index (χ2v) is 17.7. The lowest BCUT2D eigenvalue weighted by Crippen LogP contribution is -2.11. The molecule has 0 saturated heterocycles. The zero-order valence-electron chi connectivity index (χ0n) is 31.0. The van der Waals surface area contributed by atoms with Crippen LogP contribution in [0, 0.1) is 0 Å². The van der Waals surface area contributed by atoms with Gasteiger partial charge in [-0.3, -0.25) is 0 Å². The first kappa shape index (κ1) is 33.6. The van der Waals surface area contributed by atoms with E-state index in [9.17, 15) is 0 Å². The van der Waals surface area contributed by atoms with Crippen LogP contribution in [0.5, 0.6) is 0 Å². The van der Waals surface area contributed by atoms with E-state index in [1.807, 2.05) is 0 Å². The molecule has 5 rings (SSSR count). The monoisotopic (exact) mass is 610 g/mol. The topological polar surface area (TPSA) is 3.01 Å². The summed E-state index contributed by atoms with van der Waals surface area (Å²) >= 11 is 0. The van der Waals surface area contributed by atoms with Crippen molar-refractivity contribution < 1.29 is 4.58 Å². The number of allylic oxidation sites excluding steroid dienone is 5. The van der Waals surface area contributed by atoms with Crippen LogP contribution in [0.4, 0.5) is 0 Å². The van der Waals surface area contributed by atoms with Gasteiger partial charge in [0, 0.05) is 12.2 Å². The number of nitrogens with zero attached hydrogens (tertiary/aromatic N) is 1. The molecule has 0 fully saturated rings. The maximum Gasteiger partial charge on any atom is 0.199 e. The van der Waals surface area contributed by atoms with E-state index in [1.54, 1.807) is 0 Å². The predicted octanol–water partition coefficient (Wildman–Crippen LogP) is 11.7. The van der Waals surface area contributed by atoms with Crippen LogP contribution in [-0.2, 0) is 21.7 Å². The molecule has 0 aromatic rings. The van der Waals surface area contributed by atoms with E-state index in [4.69, 9.17) is 0 Å². The van der Waals surface area contributed by atoms with Gasteiger partial charge >= 0.3 is 0 Å². The summed E-state index contributed by atoms with van der Waals surface area (Å²) in [5.74, 6) is 0. The van der Waals surface area contributed by atoms with Crippen molar-refractivity contribution in [1.82, 2.24) is 0 Å². The molecule has 0 heterocycles. The summed E-state index contributed by atoms with van der Waals surface area (Å²) < 4.78 is 2.18. The summed E-state index contributed by atoms with van der Waals surface area (Å²) in [6.45, 7) is 27.9. The Morgan fingerprint density at radius 3 is 1.09 bits per heavy atom. The Labute approximate surface area is 280 Å². The molecule has 1 heteroatoms. The van der Waals surface area contributed by atoms with E-state index < -0.39 is 0 Å². The largest absolute Gasteiger partial charge is 0.235 e. The SMILES string of the molecule is C[N+](C)=C1C=CC(=C(c2cc(C(C)(C)C)c3ccc(C(C)(C)C)ccc2-3)c2cc(C(C)(C)C)c3ccc(C(C)(C)C)ccc2-3)C=C1. The van der Waals surface area contributed by atoms with E-state index in [2.05, 4.69) is 187 Å². The summed E-state index contributed by atoms with van der Waals surface area (Å²) in [4.78, 5) is 0. The average Bonchev–Trinajstić information content (AvgIpc) is 3.26. The maximum absolute atomic E-state index is 2.50. The average molecular weight is 611 g/mol. The minimum atomic E-state index is -0.00858. The second kappa shape index (κ2) is 11.5. The van der Waals surface area contributed by atoms with Gasteiger partial charge in [0.2, 0.25) is 0 Å². The van der Waals surface area contributed by atoms with Crippen LogP contribution in [-0.4, -0.2) is 24.4 Å². The van der Waals surface area contributed by atoms with Crippen molar-refractivity contribution in [3.63, 3.8) is 0 Å². The van der Waals surface area contributed by atoms with Gasteiger partial charge < -0.3 is 0 Å². The fourth-order valence-electron chi connectivity index (χ4n) is 6.74. The van der Waals surface area contributed by atoms with Crippen molar-refractivity contribution >= 4 is 11.3 Å². The quantitative estimate of drug-likeness (QED) is 0.199. The van der Waals surface area contributed by atoms with E-state index in [1.165, 1.54) is 72.5 Å². The highest BCUT2D eigenvalue weighted by Gasteiger charge is 2.31. The Kier molecular flexibility index (Phi) is 8.42. The van der Waals surface area contributed by atoms with Crippen LogP contribution in [0.25, 0.3) is 27.8 Å². The molecule has 0 aromatic carbocycles. The normalized spacial score (nSPS) is 14.5. The first-order chi connectivity index (χ1) is 21.2. The Bertz CT molecular complexity index is 1720. The van der Waals surface area contributed by atoms with Gasteiger partial charge in [0.05, 0.1) is 0 Å². The molecule has 0 N–H and O–H groups in total. The summed E-state index contributed by atoms with van der Waals surface area (Å²) in [7, 11) is 4.22. The van der Waals surface area contributed by atoms with E-state index in [0.29, 0.717) is 0 Å². The molecule has 0 atom stereocenters. The van der Waals surface area contributed by atoms with Crippen LogP contribution in [0.3, 0.4) is 0 Å². The molecule has 240 valence electrons. The molecule has 0 radical (unpaired) electrons. The molecule has 46 heavy (non-hydrogen) atoms. The zero-order valence-corrected chi connectivity index (χ0v) is 31.0. The number of hydrogen-bond donors (Lipinski definition) is 0. The van der Waals surface area contributed by atoms with Crippen LogP contribution in [0.1, 0.15) is 116 Å². The Balaban J connectivity index is 1.94. The molecule has 1 nitrogen and oxygen atoms in total. The minimum Gasteiger partial charge on any atom is -0.235 e. The molecule has 5 aliphatic carbocycles. The van der Waals surface area contributed by atoms with Gasteiger partial charge in [0.25, 0.3) is 0 Å². The summed E-state index contributed by atoms with van der Waals surface area (Å²) in [5.41, 5.74) is 17.3. The smallest absolute Gasteiger partial charge is 0.199 e. The molecule has 0 aliphatic heterocycles. The maximum atomic E-state index is 2.50. The van der Waals surface area contributed by atoms with Crippen molar-refractivity contribution in [3.05, 3.63) is 124 Å². The number of hydrogen-bond acceptors (Lipinski definition) is 0. The highest BCUT2D eigenvalue weighted by molar-refractivity contribution is 6.06. The fraction of sp³-hybridized carbons (Fsp3) is 0.400. The predicted molar refractivity (Wildman–Crippen MR) is 202 cm³/mol. The van der Waals surface area contributed by atoms with E-state index in [-0.39, 0.29) is 21.7 Å². The Morgan fingerprint density at radius 2 is 0.783 bits per heavy atom. The van der Waals surface area contributed by atoms with Gasteiger partial charge in [-0.15, -0.1) is 0 Å². The molecular weight excluding hydrogens is 555 g/mol. The van der Waals surface area contributed by atoms with Crippen LogP contribution in [0.15, 0.2) is 90.5 Å². The first-order valence-electron chi connectivity index (χ1n) is 17.0. The van der Waals surface area contributed by atoms with Crippen molar-refractivity contribution in [2.45, 2.75) is 105 Å². The second-order valence-electron chi connectivity index (χ2n) is 17.7. The highest BCUT2D eigenvalue weighted by Crippen LogP contribution is 2.49. The van der Waals surface area contributed by atoms with Crippen molar-refractivity contribution in [3.8, 4) is 22.3 Å². The zero-order chi connectivity index (χ0) is 34.0. The first-order valence-corrected chi connectivity index (χ1v) is 17.0. The lowest BCUT2D eigenvalue weighted by atomic mass is 9.85. The molecular formula is C45H56N+. The van der Waals surface area contributed by atoms with Crippen LogP contribution < -0.4 is 0 Å². The van der Waals surface area contributed by atoms with Gasteiger partial charge in [0.15, 0.2) is 5.71 Å². The molecule has 5 aliphatic rings. The lowest BCUT2D eigenvalue weighted by Gasteiger charge is -2.19. The van der Waals surface area contributed by atoms with Crippen molar-refractivity contribution in [2.24, 2.45) is 0 Å². The van der Waals surface area contributed by atoms with Gasteiger partial charge in [-0.25, -0.2) is 4.58 Å². The molecule has 0 bridgehead atoms. The summed E-state index contributed by atoms with van der Waals surface area (Å²) in [6, 6.07) is 23.9. The van der Waals surface area contributed by atoms with E-state index in [0.717, 1.165) is 0 Å².